The highest BCUT2D eigenvalue weighted by Gasteiger charge is 2.25. The Morgan fingerprint density at radius 2 is 2.53 bits per heavy atom. The maximum Gasteiger partial charge on any atom is 0.316 e. The fourth-order valence-electron chi connectivity index (χ4n) is 1.41. The van der Waals surface area contributed by atoms with Gasteiger partial charge in [-0.2, -0.15) is 0 Å². The van der Waals surface area contributed by atoms with Crippen LogP contribution in [0.15, 0.2) is 11.4 Å². The van der Waals surface area contributed by atoms with E-state index in [1.54, 1.807) is 6.20 Å². The molecule has 1 atom stereocenters. The predicted octanol–water partition coefficient (Wildman–Crippen LogP) is 1.44. The number of fused-ring (bicyclic) bond motifs is 1. The smallest absolute Gasteiger partial charge is 0.316 e. The summed E-state index contributed by atoms with van der Waals surface area (Å²) in [6.45, 7) is 0. The van der Waals surface area contributed by atoms with Crippen LogP contribution in [-0.4, -0.2) is 32.5 Å². The van der Waals surface area contributed by atoms with Gasteiger partial charge in [-0.15, -0.1) is 11.8 Å². The second-order valence-electron chi connectivity index (χ2n) is 3.17. The lowest BCUT2D eigenvalue weighted by Gasteiger charge is -2.19. The molecule has 0 amide bonds. The van der Waals surface area contributed by atoms with Crippen LogP contribution in [0, 0.1) is 0 Å². The Morgan fingerprint density at radius 1 is 1.73 bits per heavy atom. The largest absolute Gasteiger partial charge is 0.480 e. The van der Waals surface area contributed by atoms with Gasteiger partial charge in [0.25, 0.3) is 0 Å². The highest BCUT2D eigenvalue weighted by molar-refractivity contribution is 7.99. The van der Waals surface area contributed by atoms with E-state index >= 15 is 0 Å². The Labute approximate surface area is 95.9 Å². The quantitative estimate of drug-likeness (QED) is 0.625. The number of rotatable bonds is 2. The SMILES string of the molecule is CSc1ncc2c(n1)CS[C@H](C(=O)O)C2. The molecule has 0 fully saturated rings. The standard InChI is InChI=1S/C9H10N2O2S2/c1-14-9-10-3-5-2-7(8(12)13)15-4-6(5)11-9/h3,7H,2,4H2,1H3,(H,12,13)/t7-/m0/s1. The summed E-state index contributed by atoms with van der Waals surface area (Å²) < 4.78 is 0. The van der Waals surface area contributed by atoms with Gasteiger partial charge >= 0.3 is 5.97 Å². The fraction of sp³-hybridized carbons (Fsp3) is 0.444. The molecule has 4 nitrogen and oxygen atoms in total. The van der Waals surface area contributed by atoms with Crippen LogP contribution in [0.2, 0.25) is 0 Å². The molecule has 1 aliphatic heterocycles. The molecular formula is C9H10N2O2S2. The van der Waals surface area contributed by atoms with Crippen molar-refractivity contribution in [3.05, 3.63) is 17.5 Å². The number of carboxylic acid groups (broad SMARTS) is 1. The third-order valence-electron chi connectivity index (χ3n) is 2.22. The first-order valence-corrected chi connectivity index (χ1v) is 6.71. The minimum absolute atomic E-state index is 0.346. The number of nitrogens with zero attached hydrogens (tertiary/aromatic N) is 2. The van der Waals surface area contributed by atoms with E-state index in [2.05, 4.69) is 9.97 Å². The minimum atomic E-state index is -0.750. The molecule has 80 valence electrons. The number of carboxylic acids is 1. The maximum absolute atomic E-state index is 10.8. The van der Waals surface area contributed by atoms with Crippen LogP contribution in [0.5, 0.6) is 0 Å². The van der Waals surface area contributed by atoms with E-state index in [1.165, 1.54) is 23.5 Å². The molecule has 2 heterocycles. The zero-order chi connectivity index (χ0) is 10.8. The Balaban J connectivity index is 2.24. The van der Waals surface area contributed by atoms with Crippen LogP contribution in [0.25, 0.3) is 0 Å². The number of aliphatic carboxylic acids is 1. The Kier molecular flexibility index (Phi) is 3.16. The molecule has 1 N–H and O–H groups in total. The van der Waals surface area contributed by atoms with Crippen molar-refractivity contribution in [2.45, 2.75) is 22.6 Å². The highest BCUT2D eigenvalue weighted by Crippen LogP contribution is 2.29. The lowest BCUT2D eigenvalue weighted by Crippen LogP contribution is -2.24. The molecule has 6 heteroatoms. The van der Waals surface area contributed by atoms with Gasteiger partial charge < -0.3 is 5.11 Å². The summed E-state index contributed by atoms with van der Waals surface area (Å²) in [5, 5.41) is 9.31. The predicted molar refractivity (Wildman–Crippen MR) is 60.2 cm³/mol. The lowest BCUT2D eigenvalue weighted by atomic mass is 10.1. The topological polar surface area (TPSA) is 63.1 Å². The Bertz CT molecular complexity index is 398. The second kappa shape index (κ2) is 4.40. The fourth-order valence-corrected chi connectivity index (χ4v) is 2.82. The number of hydrogen-bond donors (Lipinski definition) is 1. The summed E-state index contributed by atoms with van der Waals surface area (Å²) in [7, 11) is 0. The number of aromatic nitrogens is 2. The van der Waals surface area contributed by atoms with Crippen molar-refractivity contribution in [2.24, 2.45) is 0 Å². The van der Waals surface area contributed by atoms with Crippen molar-refractivity contribution in [3.63, 3.8) is 0 Å². The van der Waals surface area contributed by atoms with Crippen LogP contribution in [0.4, 0.5) is 0 Å². The van der Waals surface area contributed by atoms with E-state index < -0.39 is 5.97 Å². The van der Waals surface area contributed by atoms with Gasteiger partial charge in [-0.3, -0.25) is 4.79 Å². The van der Waals surface area contributed by atoms with Crippen molar-refractivity contribution in [3.8, 4) is 0 Å². The van der Waals surface area contributed by atoms with Crippen molar-refractivity contribution in [1.29, 1.82) is 0 Å². The molecule has 0 saturated heterocycles. The molecule has 0 spiro atoms. The van der Waals surface area contributed by atoms with Crippen LogP contribution in [-0.2, 0) is 17.0 Å². The lowest BCUT2D eigenvalue weighted by molar-refractivity contribution is -0.136. The van der Waals surface area contributed by atoms with Crippen LogP contribution < -0.4 is 0 Å². The summed E-state index contributed by atoms with van der Waals surface area (Å²) in [4.78, 5) is 19.3. The molecule has 0 aliphatic carbocycles. The van der Waals surface area contributed by atoms with Crippen molar-refractivity contribution >= 4 is 29.5 Å². The zero-order valence-corrected chi connectivity index (χ0v) is 9.77. The first-order valence-electron chi connectivity index (χ1n) is 4.44. The van der Waals surface area contributed by atoms with Gasteiger partial charge in [-0.05, 0) is 18.2 Å². The van der Waals surface area contributed by atoms with Gasteiger partial charge in [0.1, 0.15) is 5.25 Å². The summed E-state index contributed by atoms with van der Waals surface area (Å²) in [5.41, 5.74) is 1.95. The molecule has 0 radical (unpaired) electrons. The third kappa shape index (κ3) is 2.26. The average molecular weight is 242 g/mol. The maximum atomic E-state index is 10.8. The molecule has 0 aromatic carbocycles. The molecule has 1 aliphatic rings. The van der Waals surface area contributed by atoms with Gasteiger partial charge in [0.05, 0.1) is 5.69 Å². The Morgan fingerprint density at radius 3 is 3.20 bits per heavy atom. The van der Waals surface area contributed by atoms with Crippen molar-refractivity contribution in [2.75, 3.05) is 6.26 Å². The van der Waals surface area contributed by atoms with Crippen molar-refractivity contribution < 1.29 is 9.90 Å². The van der Waals surface area contributed by atoms with E-state index in [4.69, 9.17) is 5.11 Å². The second-order valence-corrected chi connectivity index (χ2v) is 5.14. The molecular weight excluding hydrogens is 232 g/mol. The first-order chi connectivity index (χ1) is 7.20. The monoisotopic (exact) mass is 242 g/mol. The molecule has 0 unspecified atom stereocenters. The average Bonchev–Trinajstić information content (AvgIpc) is 2.27. The minimum Gasteiger partial charge on any atom is -0.480 e. The third-order valence-corrected chi connectivity index (χ3v) is 3.99. The van der Waals surface area contributed by atoms with Crippen LogP contribution >= 0.6 is 23.5 Å². The van der Waals surface area contributed by atoms with E-state index in [0.29, 0.717) is 12.2 Å². The molecule has 2 rings (SSSR count). The first kappa shape index (κ1) is 10.8. The number of carbonyl (C=O) groups is 1. The summed E-state index contributed by atoms with van der Waals surface area (Å²) in [5.74, 6) is -0.0813. The van der Waals surface area contributed by atoms with Crippen LogP contribution in [0.3, 0.4) is 0 Å². The summed E-state index contributed by atoms with van der Waals surface area (Å²) in [6.07, 6.45) is 4.21. The summed E-state index contributed by atoms with van der Waals surface area (Å²) in [6, 6.07) is 0. The van der Waals surface area contributed by atoms with Gasteiger partial charge in [0.2, 0.25) is 0 Å². The van der Waals surface area contributed by atoms with E-state index in [1.807, 2.05) is 6.26 Å². The van der Waals surface area contributed by atoms with Crippen molar-refractivity contribution in [1.82, 2.24) is 9.97 Å². The molecule has 0 saturated carbocycles. The number of hydrogen-bond acceptors (Lipinski definition) is 5. The van der Waals surface area contributed by atoms with Gasteiger partial charge in [0.15, 0.2) is 5.16 Å². The molecule has 1 aromatic heterocycles. The van der Waals surface area contributed by atoms with E-state index in [-0.39, 0.29) is 5.25 Å². The van der Waals surface area contributed by atoms with E-state index in [0.717, 1.165) is 16.4 Å². The molecule has 1 aromatic rings. The number of thioether (sulfide) groups is 2. The normalized spacial score (nSPS) is 19.7. The molecule has 0 bridgehead atoms. The highest BCUT2D eigenvalue weighted by atomic mass is 32.2. The van der Waals surface area contributed by atoms with Gasteiger partial charge in [0, 0.05) is 11.9 Å². The zero-order valence-electron chi connectivity index (χ0n) is 8.14. The van der Waals surface area contributed by atoms with Gasteiger partial charge in [-0.1, -0.05) is 11.8 Å². The van der Waals surface area contributed by atoms with Gasteiger partial charge in [-0.25, -0.2) is 9.97 Å². The van der Waals surface area contributed by atoms with E-state index in [9.17, 15) is 4.79 Å². The Hall–Kier alpha value is -0.750. The molecule has 15 heavy (non-hydrogen) atoms. The van der Waals surface area contributed by atoms with Crippen LogP contribution in [0.1, 0.15) is 11.3 Å². The summed E-state index contributed by atoms with van der Waals surface area (Å²) >= 11 is 2.94.